The third kappa shape index (κ3) is 6.38. The summed E-state index contributed by atoms with van der Waals surface area (Å²) >= 11 is 0. The van der Waals surface area contributed by atoms with Crippen molar-refractivity contribution in [2.45, 2.75) is 25.3 Å². The lowest BCUT2D eigenvalue weighted by Gasteiger charge is -2.09. The minimum Gasteiger partial charge on any atom is -0.479 e. The zero-order valence-corrected chi connectivity index (χ0v) is 7.94. The van der Waals surface area contributed by atoms with Gasteiger partial charge in [-0.15, -0.1) is 0 Å². The number of nitrogens with two attached hydrogens (primary N) is 2. The Morgan fingerprint density at radius 3 is 2.50 bits per heavy atom. The maximum absolute atomic E-state index is 11.0. The van der Waals surface area contributed by atoms with E-state index in [0.717, 1.165) is 12.8 Å². The van der Waals surface area contributed by atoms with Crippen molar-refractivity contribution in [1.82, 2.24) is 0 Å². The molecule has 0 saturated carbocycles. The van der Waals surface area contributed by atoms with Crippen LogP contribution in [-0.2, 0) is 14.3 Å². The number of hydrogen-bond donors (Lipinski definition) is 3. The molecule has 0 heterocycles. The van der Waals surface area contributed by atoms with E-state index in [2.05, 4.69) is 4.74 Å². The van der Waals surface area contributed by atoms with Gasteiger partial charge in [-0.05, 0) is 19.4 Å². The van der Waals surface area contributed by atoms with Crippen molar-refractivity contribution < 1.29 is 19.4 Å². The largest absolute Gasteiger partial charge is 0.479 e. The third-order valence-corrected chi connectivity index (χ3v) is 1.61. The van der Waals surface area contributed by atoms with Gasteiger partial charge < -0.3 is 21.3 Å². The number of esters is 1. The molecule has 6 heteroatoms. The maximum atomic E-state index is 11.0. The standard InChI is InChI=1S/C8H16N2O4/c9-4-2-1-3-6(10)8(13)14-5-7(11)12/h6H,1-5,9-10H2,(H,11,12)/t6-/m0/s1. The Kier molecular flexibility index (Phi) is 6.69. The van der Waals surface area contributed by atoms with Crippen molar-refractivity contribution in [3.05, 3.63) is 0 Å². The maximum Gasteiger partial charge on any atom is 0.341 e. The molecule has 0 aliphatic heterocycles. The molecule has 0 fully saturated rings. The Labute approximate surface area is 82.2 Å². The van der Waals surface area contributed by atoms with Gasteiger partial charge in [-0.25, -0.2) is 4.79 Å². The highest BCUT2D eigenvalue weighted by Crippen LogP contribution is 1.99. The molecule has 82 valence electrons. The molecule has 5 N–H and O–H groups in total. The number of ether oxygens (including phenoxy) is 1. The van der Waals surface area contributed by atoms with E-state index in [4.69, 9.17) is 16.6 Å². The topological polar surface area (TPSA) is 116 Å². The average Bonchev–Trinajstić information content (AvgIpc) is 2.14. The van der Waals surface area contributed by atoms with Crippen molar-refractivity contribution in [2.75, 3.05) is 13.2 Å². The molecule has 0 aliphatic carbocycles. The zero-order chi connectivity index (χ0) is 11.0. The van der Waals surface area contributed by atoms with Gasteiger partial charge in [-0.3, -0.25) is 4.79 Å². The predicted molar refractivity (Wildman–Crippen MR) is 49.5 cm³/mol. The van der Waals surface area contributed by atoms with E-state index >= 15 is 0 Å². The first-order chi connectivity index (χ1) is 6.57. The van der Waals surface area contributed by atoms with Crippen LogP contribution in [0.5, 0.6) is 0 Å². The first-order valence-electron chi connectivity index (χ1n) is 4.42. The van der Waals surface area contributed by atoms with Gasteiger partial charge in [0.05, 0.1) is 0 Å². The minimum absolute atomic E-state index is 0.468. The fourth-order valence-electron chi connectivity index (χ4n) is 0.866. The summed E-state index contributed by atoms with van der Waals surface area (Å²) in [6, 6.07) is -0.749. The van der Waals surface area contributed by atoms with Crippen LogP contribution in [0.15, 0.2) is 0 Å². The van der Waals surface area contributed by atoms with Gasteiger partial charge in [0.2, 0.25) is 0 Å². The number of aliphatic carboxylic acids is 1. The molecule has 0 aliphatic rings. The van der Waals surface area contributed by atoms with Crippen molar-refractivity contribution >= 4 is 11.9 Å². The quantitative estimate of drug-likeness (QED) is 0.364. The lowest BCUT2D eigenvalue weighted by Crippen LogP contribution is -2.33. The lowest BCUT2D eigenvalue weighted by atomic mass is 10.1. The summed E-state index contributed by atoms with van der Waals surface area (Å²) < 4.78 is 4.40. The molecule has 0 aromatic carbocycles. The van der Waals surface area contributed by atoms with E-state index in [9.17, 15) is 9.59 Å². The van der Waals surface area contributed by atoms with Crippen LogP contribution in [0.3, 0.4) is 0 Å². The van der Waals surface area contributed by atoms with E-state index < -0.39 is 24.6 Å². The number of carbonyl (C=O) groups excluding carboxylic acids is 1. The highest BCUT2D eigenvalue weighted by molar-refractivity contribution is 5.78. The van der Waals surface area contributed by atoms with Crippen LogP contribution in [0.4, 0.5) is 0 Å². The van der Waals surface area contributed by atoms with E-state index in [1.54, 1.807) is 0 Å². The molecule has 0 spiro atoms. The Hall–Kier alpha value is -1.14. The molecule has 0 aromatic heterocycles. The van der Waals surface area contributed by atoms with Crippen LogP contribution < -0.4 is 11.5 Å². The molecule has 0 radical (unpaired) electrons. The van der Waals surface area contributed by atoms with Gasteiger partial charge in [0.1, 0.15) is 6.04 Å². The molecule has 0 amide bonds. The summed E-state index contributed by atoms with van der Waals surface area (Å²) in [7, 11) is 0. The van der Waals surface area contributed by atoms with Gasteiger partial charge in [0.15, 0.2) is 6.61 Å². The van der Waals surface area contributed by atoms with Crippen molar-refractivity contribution in [3.8, 4) is 0 Å². The Morgan fingerprint density at radius 2 is 2.00 bits per heavy atom. The highest BCUT2D eigenvalue weighted by atomic mass is 16.5. The fourth-order valence-corrected chi connectivity index (χ4v) is 0.866. The number of unbranched alkanes of at least 4 members (excludes halogenated alkanes) is 1. The van der Waals surface area contributed by atoms with Crippen LogP contribution in [0.25, 0.3) is 0 Å². The van der Waals surface area contributed by atoms with Crippen LogP contribution in [-0.4, -0.2) is 36.2 Å². The van der Waals surface area contributed by atoms with Gasteiger partial charge in [-0.1, -0.05) is 6.42 Å². The Bertz CT molecular complexity index is 196. The summed E-state index contributed by atoms with van der Waals surface area (Å²) in [5.41, 5.74) is 10.7. The van der Waals surface area contributed by atoms with E-state index in [-0.39, 0.29) is 0 Å². The van der Waals surface area contributed by atoms with Crippen LogP contribution in [0, 0.1) is 0 Å². The summed E-state index contributed by atoms with van der Waals surface area (Å²) in [5.74, 6) is -1.86. The predicted octanol–water partition coefficient (Wildman–Crippen LogP) is -0.929. The molecule has 0 unspecified atom stereocenters. The summed E-state index contributed by atoms with van der Waals surface area (Å²) in [6.45, 7) is -0.0830. The Balaban J connectivity index is 3.59. The van der Waals surface area contributed by atoms with Crippen LogP contribution in [0.2, 0.25) is 0 Å². The molecular formula is C8H16N2O4. The molecule has 0 bridgehead atoms. The van der Waals surface area contributed by atoms with E-state index in [1.807, 2.05) is 0 Å². The number of hydrogen-bond acceptors (Lipinski definition) is 5. The normalized spacial score (nSPS) is 12.1. The van der Waals surface area contributed by atoms with Gasteiger partial charge in [0, 0.05) is 0 Å². The monoisotopic (exact) mass is 204 g/mol. The van der Waals surface area contributed by atoms with E-state index in [0.29, 0.717) is 13.0 Å². The fraction of sp³-hybridized carbons (Fsp3) is 0.750. The lowest BCUT2D eigenvalue weighted by molar-refractivity contribution is -0.156. The SMILES string of the molecule is NCCCC[C@H](N)C(=O)OCC(=O)O. The Morgan fingerprint density at radius 1 is 1.36 bits per heavy atom. The molecular weight excluding hydrogens is 188 g/mol. The van der Waals surface area contributed by atoms with Crippen molar-refractivity contribution in [2.24, 2.45) is 11.5 Å². The zero-order valence-electron chi connectivity index (χ0n) is 7.94. The minimum atomic E-state index is -1.19. The molecule has 0 aromatic rings. The van der Waals surface area contributed by atoms with Crippen LogP contribution >= 0.6 is 0 Å². The second-order valence-electron chi connectivity index (χ2n) is 2.89. The van der Waals surface area contributed by atoms with Gasteiger partial charge in [-0.2, -0.15) is 0 Å². The summed E-state index contributed by atoms with van der Waals surface area (Å²) in [4.78, 5) is 21.1. The van der Waals surface area contributed by atoms with Crippen LogP contribution in [0.1, 0.15) is 19.3 Å². The molecule has 14 heavy (non-hydrogen) atoms. The number of carboxylic acid groups (broad SMARTS) is 1. The number of carboxylic acids is 1. The summed E-state index contributed by atoms with van der Waals surface area (Å²) in [5, 5.41) is 8.22. The third-order valence-electron chi connectivity index (χ3n) is 1.61. The molecule has 1 atom stereocenters. The van der Waals surface area contributed by atoms with Crippen molar-refractivity contribution in [3.63, 3.8) is 0 Å². The molecule has 0 saturated heterocycles. The second-order valence-corrected chi connectivity index (χ2v) is 2.89. The second kappa shape index (κ2) is 7.28. The molecule has 0 rings (SSSR count). The van der Waals surface area contributed by atoms with Gasteiger partial charge in [0.25, 0.3) is 0 Å². The number of carbonyl (C=O) groups is 2. The van der Waals surface area contributed by atoms with Gasteiger partial charge >= 0.3 is 11.9 Å². The molecule has 6 nitrogen and oxygen atoms in total. The first-order valence-corrected chi connectivity index (χ1v) is 4.42. The number of rotatable bonds is 7. The van der Waals surface area contributed by atoms with E-state index in [1.165, 1.54) is 0 Å². The first kappa shape index (κ1) is 12.9. The highest BCUT2D eigenvalue weighted by Gasteiger charge is 2.15. The smallest absolute Gasteiger partial charge is 0.341 e. The average molecular weight is 204 g/mol. The summed E-state index contributed by atoms with van der Waals surface area (Å²) in [6.07, 6.45) is 2.00. The van der Waals surface area contributed by atoms with Crippen molar-refractivity contribution in [1.29, 1.82) is 0 Å².